The first-order valence-electron chi connectivity index (χ1n) is 7.01. The molecule has 0 saturated heterocycles. The predicted molar refractivity (Wildman–Crippen MR) is 90.8 cm³/mol. The van der Waals surface area contributed by atoms with Crippen LogP contribution in [0.1, 0.15) is 5.56 Å². The Labute approximate surface area is 141 Å². The molecule has 0 aliphatic carbocycles. The number of benzene rings is 2. The minimum atomic E-state index is -0.210. The van der Waals surface area contributed by atoms with Crippen LogP contribution in [0.15, 0.2) is 53.0 Å². The van der Waals surface area contributed by atoms with Gasteiger partial charge in [-0.1, -0.05) is 52.3 Å². The highest BCUT2D eigenvalue weighted by Crippen LogP contribution is 2.20. The molecular weight excluding hydrogens is 358 g/mol. The SMILES string of the molecule is Cc1ccc(NC(=O)Cn2nnc(-c3ccccc3)n2)cc1Br. The molecule has 0 unspecified atom stereocenters. The van der Waals surface area contributed by atoms with Crippen molar-refractivity contribution in [2.75, 3.05) is 5.32 Å². The quantitative estimate of drug-likeness (QED) is 0.764. The summed E-state index contributed by atoms with van der Waals surface area (Å²) in [6.45, 7) is 1.99. The number of nitrogens with one attached hydrogen (secondary N) is 1. The van der Waals surface area contributed by atoms with E-state index in [9.17, 15) is 4.79 Å². The maximum absolute atomic E-state index is 12.1. The van der Waals surface area contributed by atoms with Crippen molar-refractivity contribution in [1.29, 1.82) is 0 Å². The third-order valence-electron chi connectivity index (χ3n) is 3.23. The van der Waals surface area contributed by atoms with Gasteiger partial charge in [-0.25, -0.2) is 0 Å². The molecule has 3 aromatic rings. The van der Waals surface area contributed by atoms with Gasteiger partial charge in [0.15, 0.2) is 0 Å². The summed E-state index contributed by atoms with van der Waals surface area (Å²) in [5.41, 5.74) is 2.69. The number of aromatic nitrogens is 4. The first kappa shape index (κ1) is 15.4. The second-order valence-electron chi connectivity index (χ2n) is 5.02. The fourth-order valence-corrected chi connectivity index (χ4v) is 2.39. The van der Waals surface area contributed by atoms with E-state index in [2.05, 4.69) is 36.7 Å². The van der Waals surface area contributed by atoms with Gasteiger partial charge in [0.2, 0.25) is 11.7 Å². The summed E-state index contributed by atoms with van der Waals surface area (Å²) < 4.78 is 0.945. The molecular formula is C16H14BrN5O. The maximum Gasteiger partial charge on any atom is 0.248 e. The van der Waals surface area contributed by atoms with Crippen LogP contribution >= 0.6 is 15.9 Å². The van der Waals surface area contributed by atoms with Crippen molar-refractivity contribution < 1.29 is 4.79 Å². The molecule has 1 N–H and O–H groups in total. The Bertz CT molecular complexity index is 831. The molecule has 6 nitrogen and oxygen atoms in total. The molecule has 3 rings (SSSR count). The van der Waals surface area contributed by atoms with Gasteiger partial charge in [-0.15, -0.1) is 10.2 Å². The van der Waals surface area contributed by atoms with Crippen LogP contribution in [-0.4, -0.2) is 26.1 Å². The number of anilines is 1. The Morgan fingerprint density at radius 3 is 2.74 bits per heavy atom. The Hall–Kier alpha value is -2.54. The highest BCUT2D eigenvalue weighted by Gasteiger charge is 2.09. The number of aryl methyl sites for hydroxylation is 1. The summed E-state index contributed by atoms with van der Waals surface area (Å²) in [5, 5.41) is 14.9. The van der Waals surface area contributed by atoms with Crippen LogP contribution in [0.25, 0.3) is 11.4 Å². The Morgan fingerprint density at radius 1 is 1.22 bits per heavy atom. The fraction of sp³-hybridized carbons (Fsp3) is 0.125. The number of nitrogens with zero attached hydrogens (tertiary/aromatic N) is 4. The van der Waals surface area contributed by atoms with Crippen molar-refractivity contribution in [2.24, 2.45) is 0 Å². The lowest BCUT2D eigenvalue weighted by atomic mass is 10.2. The van der Waals surface area contributed by atoms with Crippen LogP contribution in [0, 0.1) is 6.92 Å². The lowest BCUT2D eigenvalue weighted by molar-refractivity contribution is -0.117. The van der Waals surface area contributed by atoms with Crippen molar-refractivity contribution in [3.05, 3.63) is 58.6 Å². The zero-order valence-electron chi connectivity index (χ0n) is 12.4. The van der Waals surface area contributed by atoms with E-state index in [1.165, 1.54) is 4.80 Å². The largest absolute Gasteiger partial charge is 0.324 e. The third kappa shape index (κ3) is 3.81. The Kier molecular flexibility index (Phi) is 4.47. The number of carbonyl (C=O) groups is 1. The van der Waals surface area contributed by atoms with Gasteiger partial charge < -0.3 is 5.32 Å². The number of rotatable bonds is 4. The zero-order chi connectivity index (χ0) is 16.2. The zero-order valence-corrected chi connectivity index (χ0v) is 14.0. The topological polar surface area (TPSA) is 72.7 Å². The lowest BCUT2D eigenvalue weighted by Crippen LogP contribution is -2.20. The molecule has 0 aliphatic rings. The van der Waals surface area contributed by atoms with E-state index in [-0.39, 0.29) is 12.5 Å². The molecule has 1 aromatic heterocycles. The molecule has 1 amide bonds. The maximum atomic E-state index is 12.1. The van der Waals surface area contributed by atoms with Gasteiger partial charge in [0.25, 0.3) is 0 Å². The number of hydrogen-bond acceptors (Lipinski definition) is 4. The molecule has 1 heterocycles. The molecule has 116 valence electrons. The average molecular weight is 372 g/mol. The van der Waals surface area contributed by atoms with Gasteiger partial charge in [0.05, 0.1) is 0 Å². The summed E-state index contributed by atoms with van der Waals surface area (Å²) in [6, 6.07) is 15.1. The van der Waals surface area contributed by atoms with Crippen molar-refractivity contribution in [3.63, 3.8) is 0 Å². The highest BCUT2D eigenvalue weighted by atomic mass is 79.9. The average Bonchev–Trinajstić information content (AvgIpc) is 3.00. The monoisotopic (exact) mass is 371 g/mol. The van der Waals surface area contributed by atoms with Crippen molar-refractivity contribution in [2.45, 2.75) is 13.5 Å². The van der Waals surface area contributed by atoms with Crippen LogP contribution < -0.4 is 5.32 Å². The van der Waals surface area contributed by atoms with Gasteiger partial charge in [-0.05, 0) is 29.8 Å². The minimum absolute atomic E-state index is 0.00529. The summed E-state index contributed by atoms with van der Waals surface area (Å²) in [6.07, 6.45) is 0. The van der Waals surface area contributed by atoms with E-state index >= 15 is 0 Å². The summed E-state index contributed by atoms with van der Waals surface area (Å²) in [7, 11) is 0. The molecule has 23 heavy (non-hydrogen) atoms. The van der Waals surface area contributed by atoms with E-state index in [0.29, 0.717) is 5.82 Å². The van der Waals surface area contributed by atoms with Crippen LogP contribution in [0.2, 0.25) is 0 Å². The summed E-state index contributed by atoms with van der Waals surface area (Å²) in [4.78, 5) is 13.3. The van der Waals surface area contributed by atoms with E-state index in [0.717, 1.165) is 21.3 Å². The number of tetrazole rings is 1. The third-order valence-corrected chi connectivity index (χ3v) is 4.08. The van der Waals surface area contributed by atoms with Gasteiger partial charge in [-0.2, -0.15) is 4.80 Å². The molecule has 0 atom stereocenters. The molecule has 0 saturated carbocycles. The van der Waals surface area contributed by atoms with E-state index in [1.807, 2.05) is 55.5 Å². The molecule has 7 heteroatoms. The van der Waals surface area contributed by atoms with Crippen LogP contribution in [0.5, 0.6) is 0 Å². The smallest absolute Gasteiger partial charge is 0.248 e. The number of carbonyl (C=O) groups excluding carboxylic acids is 1. The number of hydrogen-bond donors (Lipinski definition) is 1. The first-order chi connectivity index (χ1) is 11.1. The normalized spacial score (nSPS) is 10.5. The molecule has 0 fully saturated rings. The van der Waals surface area contributed by atoms with Gasteiger partial charge in [-0.3, -0.25) is 4.79 Å². The Balaban J connectivity index is 1.66. The van der Waals surface area contributed by atoms with Crippen LogP contribution in [0.4, 0.5) is 5.69 Å². The lowest BCUT2D eigenvalue weighted by Gasteiger charge is -2.06. The number of amides is 1. The van der Waals surface area contributed by atoms with E-state index < -0.39 is 0 Å². The van der Waals surface area contributed by atoms with Gasteiger partial charge >= 0.3 is 0 Å². The van der Waals surface area contributed by atoms with Crippen molar-refractivity contribution >= 4 is 27.5 Å². The number of halogens is 1. The molecule has 0 radical (unpaired) electrons. The fourth-order valence-electron chi connectivity index (χ4n) is 2.01. The molecule has 2 aromatic carbocycles. The summed E-state index contributed by atoms with van der Waals surface area (Å²) >= 11 is 3.44. The van der Waals surface area contributed by atoms with Crippen molar-refractivity contribution in [3.8, 4) is 11.4 Å². The predicted octanol–water partition coefficient (Wildman–Crippen LogP) is 3.05. The van der Waals surface area contributed by atoms with Gasteiger partial charge in [0.1, 0.15) is 6.54 Å². The van der Waals surface area contributed by atoms with Crippen LogP contribution in [-0.2, 0) is 11.3 Å². The minimum Gasteiger partial charge on any atom is -0.324 e. The van der Waals surface area contributed by atoms with Crippen LogP contribution in [0.3, 0.4) is 0 Å². The molecule has 0 bridgehead atoms. The Morgan fingerprint density at radius 2 is 2.00 bits per heavy atom. The summed E-state index contributed by atoms with van der Waals surface area (Å²) in [5.74, 6) is 0.286. The first-order valence-corrected chi connectivity index (χ1v) is 7.80. The van der Waals surface area contributed by atoms with Gasteiger partial charge in [0, 0.05) is 15.7 Å². The second-order valence-corrected chi connectivity index (χ2v) is 5.88. The highest BCUT2D eigenvalue weighted by molar-refractivity contribution is 9.10. The second kappa shape index (κ2) is 6.70. The van der Waals surface area contributed by atoms with E-state index in [4.69, 9.17) is 0 Å². The van der Waals surface area contributed by atoms with E-state index in [1.54, 1.807) is 0 Å². The molecule has 0 spiro atoms. The van der Waals surface area contributed by atoms with Crippen molar-refractivity contribution in [1.82, 2.24) is 20.2 Å². The standard InChI is InChI=1S/C16H14BrN5O/c1-11-7-8-13(9-14(11)17)18-15(23)10-22-20-16(19-21-22)12-5-3-2-4-6-12/h2-9H,10H2,1H3,(H,18,23). The molecule has 0 aliphatic heterocycles.